The zero-order chi connectivity index (χ0) is 17.5. The van der Waals surface area contributed by atoms with E-state index in [-0.39, 0.29) is 11.9 Å². The maximum absolute atomic E-state index is 12.6. The van der Waals surface area contributed by atoms with Gasteiger partial charge in [-0.05, 0) is 61.8 Å². The Morgan fingerprint density at radius 1 is 1.15 bits per heavy atom. The Morgan fingerprint density at radius 2 is 2.04 bits per heavy atom. The normalized spacial score (nSPS) is 16.3. The number of fused-ring (bicyclic) bond motifs is 1. The van der Waals surface area contributed by atoms with Crippen LogP contribution >= 0.6 is 0 Å². The minimum Gasteiger partial charge on any atom is -0.288 e. The van der Waals surface area contributed by atoms with Gasteiger partial charge >= 0.3 is 0 Å². The summed E-state index contributed by atoms with van der Waals surface area (Å²) in [7, 11) is 0. The lowest BCUT2D eigenvalue weighted by Gasteiger charge is -2.26. The lowest BCUT2D eigenvalue weighted by molar-refractivity contribution is 0.100. The molecule has 2 N–H and O–H groups in total. The average Bonchev–Trinajstić information content (AvgIpc) is 3.32. The molecule has 2 heterocycles. The van der Waals surface area contributed by atoms with Crippen LogP contribution in [0.25, 0.3) is 11.4 Å². The lowest BCUT2D eigenvalue weighted by Crippen LogP contribution is -2.25. The van der Waals surface area contributed by atoms with Crippen molar-refractivity contribution in [2.24, 2.45) is 0 Å². The first-order valence-corrected chi connectivity index (χ1v) is 9.17. The molecule has 0 aliphatic heterocycles. The number of amides is 1. The Morgan fingerprint density at radius 3 is 2.88 bits per heavy atom. The van der Waals surface area contributed by atoms with Crippen molar-refractivity contribution in [3.05, 3.63) is 47.3 Å². The van der Waals surface area contributed by atoms with Crippen molar-refractivity contribution in [3.63, 3.8) is 0 Å². The molecule has 2 aliphatic rings. The monoisotopic (exact) mass is 348 g/mol. The third-order valence-electron chi connectivity index (χ3n) is 5.41. The highest BCUT2D eigenvalue weighted by molar-refractivity contribution is 6.02. The number of anilines is 1. The molecule has 0 bridgehead atoms. The molecular weight excluding hydrogens is 328 g/mol. The van der Waals surface area contributed by atoms with E-state index in [1.807, 2.05) is 4.68 Å². The summed E-state index contributed by atoms with van der Waals surface area (Å²) in [5, 5.41) is 14.1. The van der Waals surface area contributed by atoms with Gasteiger partial charge in [-0.3, -0.25) is 19.9 Å². The number of hydrogen-bond donors (Lipinski definition) is 2. The van der Waals surface area contributed by atoms with Crippen LogP contribution in [0.15, 0.2) is 30.5 Å². The summed E-state index contributed by atoms with van der Waals surface area (Å²) in [4.78, 5) is 17.0. The molecule has 0 saturated heterocycles. The second-order valence-electron chi connectivity index (χ2n) is 7.04. The molecule has 0 spiro atoms. The molecular formula is C19H20N6O. The Hall–Kier alpha value is -2.96. The van der Waals surface area contributed by atoms with Crippen LogP contribution in [0.2, 0.25) is 0 Å². The number of aryl methyl sites for hydroxylation is 2. The van der Waals surface area contributed by atoms with E-state index in [1.165, 1.54) is 24.0 Å². The second kappa shape index (κ2) is 6.09. The summed E-state index contributed by atoms with van der Waals surface area (Å²) in [6.45, 7) is 0. The fourth-order valence-electron chi connectivity index (χ4n) is 3.75. The third kappa shape index (κ3) is 2.60. The molecule has 7 nitrogen and oxygen atoms in total. The van der Waals surface area contributed by atoms with E-state index >= 15 is 0 Å². The van der Waals surface area contributed by atoms with Crippen molar-refractivity contribution in [3.8, 4) is 11.4 Å². The molecule has 1 fully saturated rings. The zero-order valence-corrected chi connectivity index (χ0v) is 14.4. The summed E-state index contributed by atoms with van der Waals surface area (Å²) >= 11 is 0. The van der Waals surface area contributed by atoms with E-state index < -0.39 is 0 Å². The molecule has 2 aliphatic carbocycles. The van der Waals surface area contributed by atoms with E-state index in [1.54, 1.807) is 12.3 Å². The van der Waals surface area contributed by atoms with Gasteiger partial charge in [0, 0.05) is 11.8 Å². The largest absolute Gasteiger partial charge is 0.288 e. The van der Waals surface area contributed by atoms with E-state index in [2.05, 4.69) is 43.8 Å². The summed E-state index contributed by atoms with van der Waals surface area (Å²) in [5.41, 5.74) is 4.36. The number of nitrogens with one attached hydrogen (secondary N) is 2. The Kier molecular flexibility index (Phi) is 3.58. The topological polar surface area (TPSA) is 88.5 Å². The molecule has 0 atom stereocenters. The van der Waals surface area contributed by atoms with Gasteiger partial charge in [0.05, 0.1) is 6.04 Å². The average molecular weight is 348 g/mol. The van der Waals surface area contributed by atoms with Crippen LogP contribution < -0.4 is 5.32 Å². The highest BCUT2D eigenvalue weighted by Crippen LogP contribution is 2.32. The van der Waals surface area contributed by atoms with Crippen molar-refractivity contribution < 1.29 is 4.79 Å². The highest BCUT2D eigenvalue weighted by atomic mass is 16.2. The summed E-state index contributed by atoms with van der Waals surface area (Å²) in [5.74, 6) is 0.725. The molecule has 1 saturated carbocycles. The number of carbonyl (C=O) groups is 1. The van der Waals surface area contributed by atoms with E-state index in [9.17, 15) is 4.79 Å². The van der Waals surface area contributed by atoms with Gasteiger partial charge in [0.2, 0.25) is 5.95 Å². The first kappa shape index (κ1) is 15.3. The van der Waals surface area contributed by atoms with Crippen LogP contribution in [0.3, 0.4) is 0 Å². The van der Waals surface area contributed by atoms with Crippen LogP contribution in [0.4, 0.5) is 5.95 Å². The summed E-state index contributed by atoms with van der Waals surface area (Å²) < 4.78 is 1.81. The molecule has 1 aromatic carbocycles. The number of nitrogens with zero attached hydrogens (tertiary/aromatic N) is 4. The number of hydrogen-bond acceptors (Lipinski definition) is 4. The number of benzene rings is 1. The standard InChI is InChI=1S/C19H20N6O/c26-18(16-9-10-20-25(16)15-5-2-6-15)22-19-21-17(23-24-19)14-8-7-12-3-1-4-13(12)11-14/h7-11,15H,1-6H2,(H2,21,22,23,24,26). The van der Waals surface area contributed by atoms with E-state index in [0.29, 0.717) is 17.6 Å². The molecule has 0 radical (unpaired) electrons. The quantitative estimate of drug-likeness (QED) is 0.758. The molecule has 1 amide bonds. The summed E-state index contributed by atoms with van der Waals surface area (Å²) in [6.07, 6.45) is 8.49. The van der Waals surface area contributed by atoms with Gasteiger partial charge < -0.3 is 0 Å². The smallest absolute Gasteiger partial charge is 0.276 e. The fraction of sp³-hybridized carbons (Fsp3) is 0.368. The highest BCUT2D eigenvalue weighted by Gasteiger charge is 2.25. The predicted molar refractivity (Wildman–Crippen MR) is 96.9 cm³/mol. The molecule has 26 heavy (non-hydrogen) atoms. The maximum atomic E-state index is 12.6. The van der Waals surface area contributed by atoms with Crippen molar-refractivity contribution >= 4 is 11.9 Å². The number of aromatic nitrogens is 5. The van der Waals surface area contributed by atoms with Gasteiger partial charge in [-0.15, -0.1) is 5.10 Å². The first-order chi connectivity index (χ1) is 12.8. The predicted octanol–water partition coefficient (Wildman–Crippen LogP) is 3.13. The van der Waals surface area contributed by atoms with Crippen LogP contribution in [0, 0.1) is 0 Å². The molecule has 2 aromatic heterocycles. The van der Waals surface area contributed by atoms with Gasteiger partial charge in [-0.1, -0.05) is 12.1 Å². The second-order valence-corrected chi connectivity index (χ2v) is 7.04. The Labute approximate surface area is 150 Å². The Balaban J connectivity index is 1.34. The SMILES string of the molecule is O=C(Nc1n[nH]c(-c2ccc3c(c2)CCC3)n1)c1ccnn1C1CCC1. The number of carbonyl (C=O) groups excluding carboxylic acids is 1. The molecule has 3 aromatic rings. The minimum absolute atomic E-state index is 0.228. The van der Waals surface area contributed by atoms with Crippen molar-refractivity contribution in [1.29, 1.82) is 0 Å². The Bertz CT molecular complexity index is 968. The van der Waals surface area contributed by atoms with Gasteiger partial charge in [0.15, 0.2) is 5.82 Å². The zero-order valence-electron chi connectivity index (χ0n) is 14.4. The molecule has 0 unspecified atom stereocenters. The summed E-state index contributed by atoms with van der Waals surface area (Å²) in [6, 6.07) is 8.46. The first-order valence-electron chi connectivity index (χ1n) is 9.17. The van der Waals surface area contributed by atoms with Crippen LogP contribution in [0.5, 0.6) is 0 Å². The van der Waals surface area contributed by atoms with Crippen molar-refractivity contribution in [1.82, 2.24) is 25.0 Å². The van der Waals surface area contributed by atoms with Crippen LogP contribution in [0.1, 0.15) is 53.3 Å². The minimum atomic E-state index is -0.228. The number of rotatable bonds is 4. The fourth-order valence-corrected chi connectivity index (χ4v) is 3.75. The number of aromatic amines is 1. The number of H-pyrrole nitrogens is 1. The van der Waals surface area contributed by atoms with E-state index in [0.717, 1.165) is 31.2 Å². The molecule has 132 valence electrons. The van der Waals surface area contributed by atoms with Gasteiger partial charge in [0.25, 0.3) is 5.91 Å². The van der Waals surface area contributed by atoms with Gasteiger partial charge in [-0.2, -0.15) is 10.1 Å². The molecule has 5 rings (SSSR count). The van der Waals surface area contributed by atoms with Crippen molar-refractivity contribution in [2.45, 2.75) is 44.6 Å². The van der Waals surface area contributed by atoms with Crippen LogP contribution in [-0.2, 0) is 12.8 Å². The van der Waals surface area contributed by atoms with Crippen molar-refractivity contribution in [2.75, 3.05) is 5.32 Å². The van der Waals surface area contributed by atoms with Gasteiger partial charge in [-0.25, -0.2) is 0 Å². The maximum Gasteiger partial charge on any atom is 0.276 e. The van der Waals surface area contributed by atoms with Crippen LogP contribution in [-0.4, -0.2) is 30.9 Å². The lowest BCUT2D eigenvalue weighted by atomic mass is 9.93. The van der Waals surface area contributed by atoms with Gasteiger partial charge in [0.1, 0.15) is 5.69 Å². The molecule has 7 heteroatoms. The van der Waals surface area contributed by atoms with E-state index in [4.69, 9.17) is 0 Å². The third-order valence-corrected chi connectivity index (χ3v) is 5.41.